The fraction of sp³-hybridized carbons (Fsp3) is 0.261. The molecule has 2 aromatic carbocycles. The lowest BCUT2D eigenvalue weighted by Gasteiger charge is -2.30. The van der Waals surface area contributed by atoms with Gasteiger partial charge < -0.3 is 14.7 Å². The summed E-state index contributed by atoms with van der Waals surface area (Å²) in [7, 11) is 3.34. The fourth-order valence-electron chi connectivity index (χ4n) is 4.16. The van der Waals surface area contributed by atoms with Crippen LogP contribution in [-0.4, -0.2) is 36.1 Å². The van der Waals surface area contributed by atoms with Crippen LogP contribution in [-0.2, 0) is 4.79 Å². The Morgan fingerprint density at radius 3 is 2.62 bits per heavy atom. The van der Waals surface area contributed by atoms with Gasteiger partial charge in [-0.2, -0.15) is 0 Å². The van der Waals surface area contributed by atoms with E-state index in [1.54, 1.807) is 31.2 Å². The number of methoxy groups -OCH3 is 1. The Morgan fingerprint density at radius 1 is 1.17 bits per heavy atom. The Labute approximate surface area is 173 Å². The number of hydrogen-bond donors (Lipinski definition) is 1. The van der Waals surface area contributed by atoms with Crippen LogP contribution in [0.3, 0.4) is 0 Å². The number of carbonyl (C=O) groups is 1. The van der Waals surface area contributed by atoms with Crippen molar-refractivity contribution < 1.29 is 19.0 Å². The smallest absolute Gasteiger partial charge is 0.223 e. The van der Waals surface area contributed by atoms with E-state index in [4.69, 9.17) is 4.74 Å². The molecule has 1 amide bonds. The van der Waals surface area contributed by atoms with E-state index in [9.17, 15) is 14.3 Å². The number of aliphatic hydroxyl groups is 1. The third-order valence-corrected chi connectivity index (χ3v) is 6.62. The standard InChI is InChI=1S/C23H22FNO3S/c1-25-20(26)13-18(17-5-3-4-6-19(17)28-2)21(25)22(27)23-16(11-12-29-23)14-7-9-15(24)10-8-14/h3-12,18,21-22,27H,13H2,1-2H3/t18-,21-,22?/m1/s1. The quantitative estimate of drug-likeness (QED) is 0.667. The molecule has 0 saturated carbocycles. The first-order chi connectivity index (χ1) is 14.0. The Kier molecular flexibility index (Phi) is 5.39. The molecular formula is C23H22FNO3S. The van der Waals surface area contributed by atoms with Crippen molar-refractivity contribution in [1.82, 2.24) is 4.90 Å². The summed E-state index contributed by atoms with van der Waals surface area (Å²) in [4.78, 5) is 15.0. The van der Waals surface area contributed by atoms with Gasteiger partial charge in [-0.05, 0) is 46.3 Å². The number of halogens is 1. The van der Waals surface area contributed by atoms with Crippen LogP contribution in [0.2, 0.25) is 0 Å². The average Bonchev–Trinajstić information content (AvgIpc) is 3.33. The topological polar surface area (TPSA) is 49.8 Å². The normalized spacial score (nSPS) is 20.1. The molecule has 4 rings (SSSR count). The molecule has 1 aromatic heterocycles. The van der Waals surface area contributed by atoms with E-state index in [1.165, 1.54) is 23.5 Å². The molecule has 150 valence electrons. The van der Waals surface area contributed by atoms with Gasteiger partial charge in [-0.15, -0.1) is 11.3 Å². The second-order valence-corrected chi connectivity index (χ2v) is 8.15. The second kappa shape index (κ2) is 7.97. The van der Waals surface area contributed by atoms with Gasteiger partial charge in [-0.25, -0.2) is 4.39 Å². The van der Waals surface area contributed by atoms with Crippen LogP contribution in [0, 0.1) is 5.82 Å². The first kappa shape index (κ1) is 19.6. The van der Waals surface area contributed by atoms with Crippen molar-refractivity contribution in [2.75, 3.05) is 14.2 Å². The largest absolute Gasteiger partial charge is 0.496 e. The number of nitrogens with zero attached hydrogens (tertiary/aromatic N) is 1. The number of amides is 1. The molecule has 1 aliphatic heterocycles. The maximum Gasteiger partial charge on any atom is 0.223 e. The van der Waals surface area contributed by atoms with Gasteiger partial charge in [0, 0.05) is 24.3 Å². The van der Waals surface area contributed by atoms with Gasteiger partial charge in [0.1, 0.15) is 17.7 Å². The van der Waals surface area contributed by atoms with Gasteiger partial charge in [0.15, 0.2) is 0 Å². The molecule has 1 N–H and O–H groups in total. The highest BCUT2D eigenvalue weighted by atomic mass is 32.1. The van der Waals surface area contributed by atoms with Crippen molar-refractivity contribution in [1.29, 1.82) is 0 Å². The van der Waals surface area contributed by atoms with E-state index < -0.39 is 12.1 Å². The second-order valence-electron chi connectivity index (χ2n) is 7.20. The number of ether oxygens (including phenoxy) is 1. The van der Waals surface area contributed by atoms with Gasteiger partial charge in [0.25, 0.3) is 0 Å². The van der Waals surface area contributed by atoms with Gasteiger partial charge in [0.2, 0.25) is 5.91 Å². The summed E-state index contributed by atoms with van der Waals surface area (Å²) in [6.07, 6.45) is -0.558. The van der Waals surface area contributed by atoms with Crippen LogP contribution < -0.4 is 4.74 Å². The van der Waals surface area contributed by atoms with Crippen molar-refractivity contribution in [3.63, 3.8) is 0 Å². The molecule has 29 heavy (non-hydrogen) atoms. The third kappa shape index (κ3) is 3.54. The van der Waals surface area contributed by atoms with Gasteiger partial charge >= 0.3 is 0 Å². The van der Waals surface area contributed by atoms with Crippen molar-refractivity contribution >= 4 is 17.2 Å². The summed E-state index contributed by atoms with van der Waals surface area (Å²) < 4.78 is 18.8. The molecule has 3 aromatic rings. The number of likely N-dealkylation sites (N-methyl/N-ethyl adjacent to an activating group) is 1. The fourth-order valence-corrected chi connectivity index (χ4v) is 5.10. The highest BCUT2D eigenvalue weighted by Gasteiger charge is 2.44. The predicted molar refractivity (Wildman–Crippen MR) is 112 cm³/mol. The number of carbonyl (C=O) groups excluding carboxylic acids is 1. The van der Waals surface area contributed by atoms with Gasteiger partial charge in [-0.1, -0.05) is 30.3 Å². The van der Waals surface area contributed by atoms with Crippen LogP contribution >= 0.6 is 11.3 Å². The zero-order valence-electron chi connectivity index (χ0n) is 16.2. The Morgan fingerprint density at radius 2 is 1.90 bits per heavy atom. The monoisotopic (exact) mass is 411 g/mol. The molecular weight excluding hydrogens is 389 g/mol. The first-order valence-electron chi connectivity index (χ1n) is 9.41. The van der Waals surface area contributed by atoms with Gasteiger partial charge in [0.05, 0.1) is 13.2 Å². The van der Waals surface area contributed by atoms with Crippen molar-refractivity contribution in [3.05, 3.63) is 76.2 Å². The van der Waals surface area contributed by atoms with Crippen molar-refractivity contribution in [3.8, 4) is 16.9 Å². The van der Waals surface area contributed by atoms with Crippen molar-refractivity contribution in [2.45, 2.75) is 24.5 Å². The van der Waals surface area contributed by atoms with E-state index in [2.05, 4.69) is 0 Å². The summed E-state index contributed by atoms with van der Waals surface area (Å²) in [5, 5.41) is 13.3. The summed E-state index contributed by atoms with van der Waals surface area (Å²) in [6.45, 7) is 0. The molecule has 3 atom stereocenters. The predicted octanol–water partition coefficient (Wildman–Crippen LogP) is 4.61. The number of likely N-dealkylation sites (tertiary alicyclic amines) is 1. The molecule has 0 spiro atoms. The zero-order chi connectivity index (χ0) is 20.5. The van der Waals surface area contributed by atoms with Crippen LogP contribution in [0.25, 0.3) is 11.1 Å². The molecule has 0 aliphatic carbocycles. The van der Waals surface area contributed by atoms with Crippen LogP contribution in [0.1, 0.15) is 28.9 Å². The lowest BCUT2D eigenvalue weighted by atomic mass is 9.86. The minimum atomic E-state index is -0.874. The van der Waals surface area contributed by atoms with Crippen LogP contribution in [0.4, 0.5) is 4.39 Å². The molecule has 1 aliphatic rings. The molecule has 4 nitrogen and oxygen atoms in total. The zero-order valence-corrected chi connectivity index (χ0v) is 17.0. The van der Waals surface area contributed by atoms with Crippen molar-refractivity contribution in [2.24, 2.45) is 0 Å². The Bertz CT molecular complexity index is 1020. The van der Waals surface area contributed by atoms with E-state index in [0.717, 1.165) is 21.6 Å². The maximum absolute atomic E-state index is 13.3. The van der Waals surface area contributed by atoms with E-state index in [1.807, 2.05) is 35.7 Å². The van der Waals surface area contributed by atoms with Crippen LogP contribution in [0.15, 0.2) is 60.0 Å². The first-order valence-corrected chi connectivity index (χ1v) is 10.3. The Hall–Kier alpha value is -2.70. The van der Waals surface area contributed by atoms with Gasteiger partial charge in [-0.3, -0.25) is 4.79 Å². The molecule has 6 heteroatoms. The lowest BCUT2D eigenvalue weighted by Crippen LogP contribution is -2.36. The summed E-state index contributed by atoms with van der Waals surface area (Å²) in [5.74, 6) is 0.206. The number of rotatable bonds is 5. The molecule has 0 bridgehead atoms. The number of hydrogen-bond acceptors (Lipinski definition) is 4. The molecule has 1 fully saturated rings. The summed E-state index contributed by atoms with van der Waals surface area (Å²) in [5.41, 5.74) is 2.60. The molecule has 2 heterocycles. The number of aliphatic hydroxyl groups excluding tert-OH is 1. The minimum Gasteiger partial charge on any atom is -0.496 e. The summed E-state index contributed by atoms with van der Waals surface area (Å²) >= 11 is 1.44. The number of benzene rings is 2. The third-order valence-electron chi connectivity index (χ3n) is 5.63. The number of thiophene rings is 1. The van der Waals surface area contributed by atoms with Crippen LogP contribution in [0.5, 0.6) is 5.75 Å². The van der Waals surface area contributed by atoms with E-state index in [-0.39, 0.29) is 17.6 Å². The lowest BCUT2D eigenvalue weighted by molar-refractivity contribution is -0.128. The Balaban J connectivity index is 1.73. The molecule has 0 radical (unpaired) electrons. The molecule has 1 saturated heterocycles. The highest BCUT2D eigenvalue weighted by molar-refractivity contribution is 7.10. The molecule has 1 unspecified atom stereocenters. The minimum absolute atomic E-state index is 0.00940. The summed E-state index contributed by atoms with van der Waals surface area (Å²) in [6, 6.07) is 15.4. The van der Waals surface area contributed by atoms with E-state index in [0.29, 0.717) is 12.2 Å². The SMILES string of the molecule is COc1ccccc1[C@H]1CC(=O)N(C)[C@H]1C(O)c1sccc1-c1ccc(F)cc1. The highest BCUT2D eigenvalue weighted by Crippen LogP contribution is 2.45. The average molecular weight is 411 g/mol. The maximum atomic E-state index is 13.3. The van der Waals surface area contributed by atoms with E-state index >= 15 is 0 Å². The number of para-hydroxylation sites is 1.